The van der Waals surface area contributed by atoms with Crippen molar-refractivity contribution in [1.29, 1.82) is 0 Å². The van der Waals surface area contributed by atoms with E-state index in [1.54, 1.807) is 0 Å². The van der Waals surface area contributed by atoms with Crippen LogP contribution in [0.1, 0.15) is 20.8 Å². The van der Waals surface area contributed by atoms with Gasteiger partial charge in [-0.1, -0.05) is 20.8 Å². The Labute approximate surface area is 83.5 Å². The fourth-order valence-corrected chi connectivity index (χ4v) is 1.09. The minimum absolute atomic E-state index is 0.0351. The smallest absolute Gasteiger partial charge is 0.378 e. The quantitative estimate of drug-likeness (QED) is 0.582. The molecule has 0 aromatic carbocycles. The Hall–Kier alpha value is 0.400. The Kier molecular flexibility index (Phi) is 5.49. The van der Waals surface area contributed by atoms with E-state index in [2.05, 4.69) is 4.52 Å². The number of rotatable bonds is 5. The molecule has 1 atom stereocenters. The summed E-state index contributed by atoms with van der Waals surface area (Å²) in [7, 11) is 0. The highest BCUT2D eigenvalue weighted by Gasteiger charge is 2.14. The molecular formula is C7H16ClO4P. The molecule has 13 heavy (non-hydrogen) atoms. The zero-order valence-corrected chi connectivity index (χ0v) is 9.77. The lowest BCUT2D eigenvalue weighted by atomic mass is 9.99. The average Bonchev–Trinajstić information content (AvgIpc) is 1.81. The first-order valence-electron chi connectivity index (χ1n) is 3.95. The molecule has 0 saturated heterocycles. The molecule has 0 aliphatic heterocycles. The third kappa shape index (κ3) is 12.4. The second kappa shape index (κ2) is 5.32. The van der Waals surface area contributed by atoms with E-state index >= 15 is 0 Å². The SMILES string of the molecule is CC(C)(C)COCCOP(=O)(O)Cl. The summed E-state index contributed by atoms with van der Waals surface area (Å²) >= 11 is 4.94. The highest BCUT2D eigenvalue weighted by atomic mass is 35.7. The molecule has 1 unspecified atom stereocenters. The van der Waals surface area contributed by atoms with Crippen molar-refractivity contribution in [2.24, 2.45) is 5.41 Å². The Morgan fingerprint density at radius 1 is 1.38 bits per heavy atom. The molecule has 0 radical (unpaired) electrons. The first kappa shape index (κ1) is 13.4. The molecule has 80 valence electrons. The van der Waals surface area contributed by atoms with E-state index in [9.17, 15) is 4.57 Å². The fourth-order valence-electron chi connectivity index (χ4n) is 0.587. The molecule has 0 rings (SSSR count). The standard InChI is InChI=1S/C7H16ClO4P/c1-7(2,3)6-11-4-5-12-13(8,9)10/h4-6H2,1-3H3,(H,9,10). The molecule has 6 heteroatoms. The maximum Gasteiger partial charge on any atom is 0.421 e. The summed E-state index contributed by atoms with van der Waals surface area (Å²) < 4.78 is 20.0. The monoisotopic (exact) mass is 230 g/mol. The molecule has 0 bridgehead atoms. The summed E-state index contributed by atoms with van der Waals surface area (Å²) in [5.41, 5.74) is 0.0872. The van der Waals surface area contributed by atoms with Crippen LogP contribution in [0, 0.1) is 5.41 Å². The first-order valence-corrected chi connectivity index (χ1v) is 6.44. The lowest BCUT2D eigenvalue weighted by Gasteiger charge is -2.17. The molecule has 0 aromatic heterocycles. The van der Waals surface area contributed by atoms with Gasteiger partial charge in [0.15, 0.2) is 0 Å². The van der Waals surface area contributed by atoms with Gasteiger partial charge in [0.2, 0.25) is 0 Å². The molecule has 0 aromatic rings. The van der Waals surface area contributed by atoms with Gasteiger partial charge in [-0.05, 0) is 5.41 Å². The minimum Gasteiger partial charge on any atom is -0.378 e. The number of hydrogen-bond acceptors (Lipinski definition) is 3. The van der Waals surface area contributed by atoms with Crippen LogP contribution in [0.25, 0.3) is 0 Å². The van der Waals surface area contributed by atoms with Gasteiger partial charge in [0.05, 0.1) is 19.8 Å². The van der Waals surface area contributed by atoms with E-state index in [4.69, 9.17) is 20.9 Å². The van der Waals surface area contributed by atoms with E-state index in [0.29, 0.717) is 6.61 Å². The largest absolute Gasteiger partial charge is 0.421 e. The van der Waals surface area contributed by atoms with E-state index < -0.39 is 6.95 Å². The summed E-state index contributed by atoms with van der Waals surface area (Å²) in [6.45, 7) is 3.13. The molecule has 0 aliphatic carbocycles. The van der Waals surface area contributed by atoms with Gasteiger partial charge in [0.25, 0.3) is 0 Å². The predicted octanol–water partition coefficient (Wildman–Crippen LogP) is 2.40. The number of hydrogen-bond donors (Lipinski definition) is 1. The Morgan fingerprint density at radius 3 is 2.31 bits per heavy atom. The van der Waals surface area contributed by atoms with Crippen molar-refractivity contribution < 1.29 is 18.7 Å². The lowest BCUT2D eigenvalue weighted by molar-refractivity contribution is 0.0502. The van der Waals surface area contributed by atoms with Gasteiger partial charge >= 0.3 is 6.95 Å². The first-order chi connectivity index (χ1) is 5.71. The summed E-state index contributed by atoms with van der Waals surface area (Å²) in [6.07, 6.45) is 0. The Morgan fingerprint density at radius 2 is 1.92 bits per heavy atom. The van der Waals surface area contributed by atoms with Crippen LogP contribution >= 0.6 is 18.2 Å². The molecular weight excluding hydrogens is 214 g/mol. The summed E-state index contributed by atoms with van der Waals surface area (Å²) in [4.78, 5) is 8.52. The van der Waals surface area contributed by atoms with Crippen LogP contribution < -0.4 is 0 Å². The van der Waals surface area contributed by atoms with Crippen molar-refractivity contribution in [3.63, 3.8) is 0 Å². The Bertz CT molecular complexity index is 183. The topological polar surface area (TPSA) is 55.8 Å². The number of ether oxygens (including phenoxy) is 1. The van der Waals surface area contributed by atoms with Gasteiger partial charge in [-0.15, -0.1) is 0 Å². The molecule has 0 aliphatic rings. The van der Waals surface area contributed by atoms with Gasteiger partial charge in [-0.3, -0.25) is 4.52 Å². The average molecular weight is 231 g/mol. The van der Waals surface area contributed by atoms with E-state index in [-0.39, 0.29) is 18.6 Å². The zero-order chi connectivity index (χ0) is 10.5. The maximum absolute atomic E-state index is 10.4. The van der Waals surface area contributed by atoms with Crippen molar-refractivity contribution in [2.45, 2.75) is 20.8 Å². The van der Waals surface area contributed by atoms with Crippen molar-refractivity contribution in [3.05, 3.63) is 0 Å². The zero-order valence-electron chi connectivity index (χ0n) is 8.12. The molecule has 0 amide bonds. The summed E-state index contributed by atoms with van der Waals surface area (Å²) in [5, 5.41) is 0. The molecule has 0 saturated carbocycles. The second-order valence-corrected chi connectivity index (χ2v) is 6.34. The Balaban J connectivity index is 3.33. The fraction of sp³-hybridized carbons (Fsp3) is 1.00. The van der Waals surface area contributed by atoms with Crippen LogP contribution in [-0.4, -0.2) is 24.7 Å². The normalized spacial score (nSPS) is 17.0. The van der Waals surface area contributed by atoms with Crippen molar-refractivity contribution in [1.82, 2.24) is 0 Å². The van der Waals surface area contributed by atoms with Crippen molar-refractivity contribution in [2.75, 3.05) is 19.8 Å². The van der Waals surface area contributed by atoms with Crippen LogP contribution in [-0.2, 0) is 13.8 Å². The molecule has 0 spiro atoms. The number of halogens is 1. The lowest BCUT2D eigenvalue weighted by Crippen LogP contribution is -2.16. The van der Waals surface area contributed by atoms with E-state index in [0.717, 1.165) is 0 Å². The third-order valence-electron chi connectivity index (χ3n) is 1.01. The van der Waals surface area contributed by atoms with E-state index in [1.807, 2.05) is 20.8 Å². The van der Waals surface area contributed by atoms with Gasteiger partial charge < -0.3 is 9.63 Å². The van der Waals surface area contributed by atoms with Gasteiger partial charge in [-0.2, -0.15) is 0 Å². The minimum atomic E-state index is -3.85. The van der Waals surface area contributed by atoms with Gasteiger partial charge in [-0.25, -0.2) is 4.57 Å². The molecule has 4 nitrogen and oxygen atoms in total. The summed E-state index contributed by atoms with van der Waals surface area (Å²) in [6, 6.07) is 0. The van der Waals surface area contributed by atoms with Crippen molar-refractivity contribution in [3.8, 4) is 0 Å². The maximum atomic E-state index is 10.4. The van der Waals surface area contributed by atoms with Crippen LogP contribution in [0.3, 0.4) is 0 Å². The van der Waals surface area contributed by atoms with Crippen LogP contribution in [0.15, 0.2) is 0 Å². The van der Waals surface area contributed by atoms with Crippen molar-refractivity contribution >= 4 is 18.2 Å². The molecule has 0 fully saturated rings. The predicted molar refractivity (Wildman–Crippen MR) is 51.9 cm³/mol. The van der Waals surface area contributed by atoms with Crippen LogP contribution in [0.2, 0.25) is 0 Å². The van der Waals surface area contributed by atoms with Crippen LogP contribution in [0.4, 0.5) is 0 Å². The molecule has 0 heterocycles. The third-order valence-corrected chi connectivity index (χ3v) is 1.81. The highest BCUT2D eigenvalue weighted by molar-refractivity contribution is 7.80. The van der Waals surface area contributed by atoms with Gasteiger partial charge in [0.1, 0.15) is 0 Å². The molecule has 1 N–H and O–H groups in total. The van der Waals surface area contributed by atoms with Crippen LogP contribution in [0.5, 0.6) is 0 Å². The second-order valence-electron chi connectivity index (χ2n) is 3.90. The summed E-state index contributed by atoms with van der Waals surface area (Å²) in [5.74, 6) is 0. The van der Waals surface area contributed by atoms with E-state index in [1.165, 1.54) is 0 Å². The highest BCUT2D eigenvalue weighted by Crippen LogP contribution is 2.47. The van der Waals surface area contributed by atoms with Gasteiger partial charge in [0, 0.05) is 11.2 Å².